The smallest absolute Gasteiger partial charge is 0.179 e. The molecule has 0 aliphatic carbocycles. The molecule has 2 nitrogen and oxygen atoms in total. The van der Waals surface area contributed by atoms with Gasteiger partial charge < -0.3 is 4.98 Å². The first-order chi connectivity index (χ1) is 6.72. The molecule has 2 aromatic rings. The minimum absolute atomic E-state index is 0.197. The number of aromatic amines is 1. The van der Waals surface area contributed by atoms with E-state index in [1.165, 1.54) is 0 Å². The summed E-state index contributed by atoms with van der Waals surface area (Å²) in [5, 5.41) is 3.13. The number of carbonyl (C=O) groups excluding carboxylic acids is 1. The lowest BCUT2D eigenvalue weighted by molar-refractivity contribution is 0.0978. The largest absolute Gasteiger partial charge is 0.344 e. The highest BCUT2D eigenvalue weighted by molar-refractivity contribution is 9.10. The number of ketones is 1. The second-order valence-electron chi connectivity index (χ2n) is 3.18. The molecule has 2 aromatic heterocycles. The summed E-state index contributed by atoms with van der Waals surface area (Å²) < 4.78 is 1.06. The van der Waals surface area contributed by atoms with E-state index in [1.807, 2.05) is 18.4 Å². The van der Waals surface area contributed by atoms with E-state index in [1.54, 1.807) is 11.3 Å². The molecular formula is C10H10BrNOS. The second-order valence-corrected chi connectivity index (χ2v) is 4.92. The molecule has 0 fully saturated rings. The van der Waals surface area contributed by atoms with Gasteiger partial charge in [0.25, 0.3) is 0 Å². The maximum atomic E-state index is 11.6. The lowest BCUT2D eigenvalue weighted by atomic mass is 10.2. The quantitative estimate of drug-likeness (QED) is 0.842. The summed E-state index contributed by atoms with van der Waals surface area (Å²) in [6.07, 6.45) is 1.51. The fourth-order valence-corrected chi connectivity index (χ4v) is 2.93. The average Bonchev–Trinajstić information content (AvgIpc) is 2.69. The molecule has 0 unspecified atom stereocenters. The molecule has 0 aromatic carbocycles. The van der Waals surface area contributed by atoms with Crippen LogP contribution in [0.5, 0.6) is 0 Å². The summed E-state index contributed by atoms with van der Waals surface area (Å²) in [4.78, 5) is 15.8. The van der Waals surface area contributed by atoms with E-state index in [0.717, 1.165) is 26.8 Å². The Balaban J connectivity index is 2.40. The summed E-state index contributed by atoms with van der Waals surface area (Å²) in [5.74, 6) is 0.197. The number of carbonyl (C=O) groups is 1. The third kappa shape index (κ3) is 1.64. The van der Waals surface area contributed by atoms with Crippen LogP contribution in [0.15, 0.2) is 15.9 Å². The molecule has 0 aliphatic rings. The lowest BCUT2D eigenvalue weighted by Crippen LogP contribution is -1.97. The molecule has 0 saturated carbocycles. The zero-order chi connectivity index (χ0) is 10.1. The molecular weight excluding hydrogens is 262 g/mol. The van der Waals surface area contributed by atoms with Gasteiger partial charge in [-0.05, 0) is 28.4 Å². The Labute approximate surface area is 94.5 Å². The van der Waals surface area contributed by atoms with Crippen LogP contribution in [0, 0.1) is 0 Å². The number of H-pyrrole nitrogens is 1. The highest BCUT2D eigenvalue weighted by Gasteiger charge is 2.11. The molecule has 2 heterocycles. The van der Waals surface area contributed by atoms with Crippen molar-refractivity contribution in [1.29, 1.82) is 0 Å². The topological polar surface area (TPSA) is 32.9 Å². The molecule has 74 valence electrons. The molecule has 0 aliphatic heterocycles. The first-order valence-electron chi connectivity index (χ1n) is 4.51. The van der Waals surface area contributed by atoms with Crippen molar-refractivity contribution < 1.29 is 4.79 Å². The molecule has 4 heteroatoms. The van der Waals surface area contributed by atoms with Gasteiger partial charge in [0.2, 0.25) is 0 Å². The van der Waals surface area contributed by atoms with Gasteiger partial charge in [-0.3, -0.25) is 4.79 Å². The average molecular weight is 272 g/mol. The van der Waals surface area contributed by atoms with Crippen LogP contribution < -0.4 is 0 Å². The predicted octanol–water partition coefficient (Wildman–Crippen LogP) is 3.97. The molecule has 0 spiro atoms. The van der Waals surface area contributed by atoms with Crippen LogP contribution in [0.25, 0.3) is 10.2 Å². The summed E-state index contributed by atoms with van der Waals surface area (Å²) in [6.45, 7) is 2.01. The maximum Gasteiger partial charge on any atom is 0.179 e. The van der Waals surface area contributed by atoms with Crippen LogP contribution in [-0.2, 0) is 0 Å². The summed E-state index contributed by atoms with van der Waals surface area (Å²) in [6, 6.07) is 1.92. The van der Waals surface area contributed by atoms with Gasteiger partial charge in [-0.2, -0.15) is 0 Å². The van der Waals surface area contributed by atoms with E-state index >= 15 is 0 Å². The van der Waals surface area contributed by atoms with Crippen molar-refractivity contribution in [3.8, 4) is 0 Å². The van der Waals surface area contributed by atoms with Gasteiger partial charge >= 0.3 is 0 Å². The van der Waals surface area contributed by atoms with E-state index in [-0.39, 0.29) is 5.78 Å². The molecule has 2 rings (SSSR count). The Hall–Kier alpha value is -0.610. The molecule has 0 bridgehead atoms. The van der Waals surface area contributed by atoms with Gasteiger partial charge in [0.15, 0.2) is 5.78 Å². The Morgan fingerprint density at radius 3 is 3.07 bits per heavy atom. The predicted molar refractivity (Wildman–Crippen MR) is 63.1 cm³/mol. The highest BCUT2D eigenvalue weighted by Crippen LogP contribution is 2.30. The number of hydrogen-bond donors (Lipinski definition) is 1. The zero-order valence-electron chi connectivity index (χ0n) is 7.76. The first-order valence-corrected chi connectivity index (χ1v) is 6.18. The van der Waals surface area contributed by atoms with Crippen LogP contribution in [0.3, 0.4) is 0 Å². The number of fused-ring (bicyclic) bond motifs is 1. The van der Waals surface area contributed by atoms with Crippen LogP contribution in [0.4, 0.5) is 0 Å². The van der Waals surface area contributed by atoms with Crippen LogP contribution in [0.2, 0.25) is 0 Å². The van der Waals surface area contributed by atoms with Gasteiger partial charge in [-0.25, -0.2) is 0 Å². The van der Waals surface area contributed by atoms with E-state index < -0.39 is 0 Å². The fourth-order valence-electron chi connectivity index (χ4n) is 1.39. The van der Waals surface area contributed by atoms with E-state index in [0.29, 0.717) is 6.42 Å². The first kappa shape index (κ1) is 9.93. The lowest BCUT2D eigenvalue weighted by Gasteiger charge is -1.92. The Kier molecular flexibility index (Phi) is 2.74. The van der Waals surface area contributed by atoms with Crippen molar-refractivity contribution in [2.75, 3.05) is 0 Å². The maximum absolute atomic E-state index is 11.6. The number of thiophene rings is 1. The monoisotopic (exact) mass is 271 g/mol. The normalized spacial score (nSPS) is 11.0. The molecule has 14 heavy (non-hydrogen) atoms. The SMILES string of the molecule is CCCC(=O)c1cc2c(Br)csc2[nH]1. The summed E-state index contributed by atoms with van der Waals surface area (Å²) in [5.41, 5.74) is 0.731. The number of nitrogens with one attached hydrogen (secondary N) is 1. The zero-order valence-corrected chi connectivity index (χ0v) is 10.2. The number of Topliss-reactive ketones (excluding diaryl/α,β-unsaturated/α-hetero) is 1. The molecule has 0 amide bonds. The number of rotatable bonds is 3. The van der Waals surface area contributed by atoms with Crippen molar-refractivity contribution >= 4 is 43.3 Å². The fraction of sp³-hybridized carbons (Fsp3) is 0.300. The van der Waals surface area contributed by atoms with Crippen LogP contribution in [-0.4, -0.2) is 10.8 Å². The third-order valence-electron chi connectivity index (χ3n) is 2.10. The summed E-state index contributed by atoms with van der Waals surface area (Å²) >= 11 is 5.06. The minimum atomic E-state index is 0.197. The molecule has 0 atom stereocenters. The molecule has 1 N–H and O–H groups in total. The third-order valence-corrected chi connectivity index (χ3v) is 3.97. The van der Waals surface area contributed by atoms with Gasteiger partial charge in [-0.15, -0.1) is 11.3 Å². The molecule has 0 radical (unpaired) electrons. The van der Waals surface area contributed by atoms with Gasteiger partial charge in [0, 0.05) is 21.7 Å². The van der Waals surface area contributed by atoms with E-state index in [4.69, 9.17) is 0 Å². The van der Waals surface area contributed by atoms with Gasteiger partial charge in [-0.1, -0.05) is 6.92 Å². The van der Waals surface area contributed by atoms with Gasteiger partial charge in [0.05, 0.1) is 5.69 Å². The Morgan fingerprint density at radius 2 is 2.43 bits per heavy atom. The van der Waals surface area contributed by atoms with Crippen molar-refractivity contribution in [1.82, 2.24) is 4.98 Å². The number of aromatic nitrogens is 1. The number of halogens is 1. The summed E-state index contributed by atoms with van der Waals surface area (Å²) in [7, 11) is 0. The van der Waals surface area contributed by atoms with Crippen molar-refractivity contribution in [3.63, 3.8) is 0 Å². The minimum Gasteiger partial charge on any atom is -0.344 e. The van der Waals surface area contributed by atoms with Crippen LogP contribution in [0.1, 0.15) is 30.3 Å². The van der Waals surface area contributed by atoms with Crippen molar-refractivity contribution in [2.24, 2.45) is 0 Å². The second kappa shape index (κ2) is 3.87. The standard InChI is InChI=1S/C10H10BrNOS/c1-2-3-9(13)8-4-6-7(11)5-14-10(6)12-8/h4-5,12H,2-3H2,1H3. The van der Waals surface area contributed by atoms with Crippen molar-refractivity contribution in [2.45, 2.75) is 19.8 Å². The Morgan fingerprint density at radius 1 is 1.64 bits per heavy atom. The molecule has 0 saturated heterocycles. The number of hydrogen-bond acceptors (Lipinski definition) is 2. The van der Waals surface area contributed by atoms with Gasteiger partial charge in [0.1, 0.15) is 4.83 Å². The van der Waals surface area contributed by atoms with Crippen LogP contribution >= 0.6 is 27.3 Å². The Bertz CT molecular complexity index is 471. The van der Waals surface area contributed by atoms with E-state index in [9.17, 15) is 4.79 Å². The van der Waals surface area contributed by atoms with Crippen molar-refractivity contribution in [3.05, 3.63) is 21.6 Å². The highest BCUT2D eigenvalue weighted by atomic mass is 79.9. The van der Waals surface area contributed by atoms with E-state index in [2.05, 4.69) is 20.9 Å².